The van der Waals surface area contributed by atoms with Crippen molar-refractivity contribution in [3.05, 3.63) is 64.2 Å². The summed E-state index contributed by atoms with van der Waals surface area (Å²) < 4.78 is 42.1. The number of carbonyl (C=O) groups is 2. The van der Waals surface area contributed by atoms with Gasteiger partial charge in [0.25, 0.3) is 5.91 Å². The van der Waals surface area contributed by atoms with Crippen molar-refractivity contribution in [1.29, 1.82) is 0 Å². The Bertz CT molecular complexity index is 1190. The van der Waals surface area contributed by atoms with Gasteiger partial charge in [0.15, 0.2) is 0 Å². The standard InChI is InChI=1S/C29H38F3N5O2/c1-4-20(3)37-11-9-35(10-12-37)16-22-5-7-24(14-26(22)29(30,31)32)34-28(39)21-6-8-25-19(2)15-36(18-27(33)38)17-23(25)13-21/h5-8,13-14,19-20H,4,9-12,15-18H2,1-3H3,(H2,33,38)(H,34,39)/t19-,20?/m0/s1. The number of nitrogens with two attached hydrogens (primary N) is 1. The van der Waals surface area contributed by atoms with Gasteiger partial charge in [0.1, 0.15) is 0 Å². The highest BCUT2D eigenvalue weighted by molar-refractivity contribution is 6.04. The number of carbonyl (C=O) groups excluding carboxylic acids is 2. The van der Waals surface area contributed by atoms with Crippen molar-refractivity contribution < 1.29 is 22.8 Å². The van der Waals surface area contributed by atoms with Gasteiger partial charge >= 0.3 is 6.18 Å². The van der Waals surface area contributed by atoms with Gasteiger partial charge in [-0.2, -0.15) is 13.2 Å². The van der Waals surface area contributed by atoms with Gasteiger partial charge in [0.2, 0.25) is 5.91 Å². The zero-order valence-corrected chi connectivity index (χ0v) is 22.9. The van der Waals surface area contributed by atoms with Crippen molar-refractivity contribution in [1.82, 2.24) is 14.7 Å². The van der Waals surface area contributed by atoms with E-state index in [1.807, 2.05) is 17.9 Å². The average Bonchev–Trinajstić information content (AvgIpc) is 2.88. The van der Waals surface area contributed by atoms with Crippen molar-refractivity contribution >= 4 is 17.5 Å². The lowest BCUT2D eigenvalue weighted by atomic mass is 9.89. The molecule has 0 aromatic heterocycles. The van der Waals surface area contributed by atoms with Crippen molar-refractivity contribution in [2.75, 3.05) is 44.6 Å². The topological polar surface area (TPSA) is 81.9 Å². The molecular formula is C29H38F3N5O2. The fourth-order valence-corrected chi connectivity index (χ4v) is 5.62. The zero-order chi connectivity index (χ0) is 28.3. The number of benzene rings is 2. The maximum Gasteiger partial charge on any atom is 0.416 e. The summed E-state index contributed by atoms with van der Waals surface area (Å²) in [7, 11) is 0. The van der Waals surface area contributed by atoms with Gasteiger partial charge in [-0.25, -0.2) is 0 Å². The second-order valence-electron chi connectivity index (χ2n) is 10.8. The Morgan fingerprint density at radius 3 is 2.44 bits per heavy atom. The molecule has 2 aliphatic rings. The maximum atomic E-state index is 14.0. The second-order valence-corrected chi connectivity index (χ2v) is 10.8. The van der Waals surface area contributed by atoms with Crippen LogP contribution in [0.25, 0.3) is 0 Å². The first-order valence-electron chi connectivity index (χ1n) is 13.6. The normalized spacial score (nSPS) is 19.9. The number of alkyl halides is 3. The van der Waals surface area contributed by atoms with E-state index < -0.39 is 23.6 Å². The molecule has 0 bridgehead atoms. The largest absolute Gasteiger partial charge is 0.416 e. The molecule has 10 heteroatoms. The van der Waals surface area contributed by atoms with Crippen molar-refractivity contribution in [3.63, 3.8) is 0 Å². The number of primary amides is 1. The first-order chi connectivity index (χ1) is 18.4. The molecular weight excluding hydrogens is 507 g/mol. The van der Waals surface area contributed by atoms with Crippen LogP contribution < -0.4 is 11.1 Å². The Morgan fingerprint density at radius 1 is 1.08 bits per heavy atom. The fraction of sp³-hybridized carbons (Fsp3) is 0.517. The predicted octanol–water partition coefficient (Wildman–Crippen LogP) is 4.28. The van der Waals surface area contributed by atoms with Crippen LogP contribution in [-0.2, 0) is 24.1 Å². The lowest BCUT2D eigenvalue weighted by Crippen LogP contribution is -2.49. The number of fused-ring (bicyclic) bond motifs is 1. The molecule has 2 aromatic rings. The minimum Gasteiger partial charge on any atom is -0.369 e. The summed E-state index contributed by atoms with van der Waals surface area (Å²) in [5, 5.41) is 2.64. The summed E-state index contributed by atoms with van der Waals surface area (Å²) in [6.45, 7) is 11.0. The van der Waals surface area contributed by atoms with Gasteiger partial charge in [-0.05, 0) is 60.2 Å². The molecule has 0 spiro atoms. The van der Waals surface area contributed by atoms with Crippen LogP contribution in [0.3, 0.4) is 0 Å². The molecule has 1 unspecified atom stereocenters. The van der Waals surface area contributed by atoms with Crippen LogP contribution >= 0.6 is 0 Å². The van der Waals surface area contributed by atoms with Crippen LogP contribution in [0.15, 0.2) is 36.4 Å². The number of amides is 2. The summed E-state index contributed by atoms with van der Waals surface area (Å²) >= 11 is 0. The minimum absolute atomic E-state index is 0.0964. The summed E-state index contributed by atoms with van der Waals surface area (Å²) in [5.41, 5.74) is 7.26. The SMILES string of the molecule is CCC(C)N1CCN(Cc2ccc(NC(=O)c3ccc4c(c3)CN(CC(N)=O)C[C@@H]4C)cc2C(F)(F)F)CC1. The van der Waals surface area contributed by atoms with Gasteiger partial charge in [0, 0.05) is 63.1 Å². The number of nitrogens with one attached hydrogen (secondary N) is 1. The van der Waals surface area contributed by atoms with Crippen LogP contribution in [-0.4, -0.2) is 71.8 Å². The Balaban J connectivity index is 1.47. The van der Waals surface area contributed by atoms with Gasteiger partial charge in [-0.3, -0.25) is 24.3 Å². The Kier molecular flexibility index (Phi) is 8.98. The third-order valence-corrected chi connectivity index (χ3v) is 7.93. The number of halogens is 3. The highest BCUT2D eigenvalue weighted by Gasteiger charge is 2.34. The molecule has 3 N–H and O–H groups in total. The number of hydrogen-bond donors (Lipinski definition) is 2. The smallest absolute Gasteiger partial charge is 0.369 e. The second kappa shape index (κ2) is 12.1. The molecule has 2 atom stereocenters. The van der Waals surface area contributed by atoms with Gasteiger partial charge in [0.05, 0.1) is 12.1 Å². The number of piperazine rings is 1. The monoisotopic (exact) mass is 545 g/mol. The van der Waals surface area contributed by atoms with E-state index in [0.717, 1.165) is 36.7 Å². The lowest BCUT2D eigenvalue weighted by Gasteiger charge is -2.38. The maximum absolute atomic E-state index is 14.0. The van der Waals surface area contributed by atoms with Gasteiger partial charge in [-0.15, -0.1) is 0 Å². The highest BCUT2D eigenvalue weighted by Crippen LogP contribution is 2.35. The van der Waals surface area contributed by atoms with E-state index in [0.29, 0.717) is 37.8 Å². The molecule has 0 saturated carbocycles. The van der Waals surface area contributed by atoms with E-state index in [1.54, 1.807) is 12.1 Å². The first kappa shape index (κ1) is 29.0. The molecule has 1 fully saturated rings. The van der Waals surface area contributed by atoms with Crippen molar-refractivity contribution in [2.24, 2.45) is 5.73 Å². The van der Waals surface area contributed by atoms with E-state index in [2.05, 4.69) is 29.0 Å². The van der Waals surface area contributed by atoms with E-state index >= 15 is 0 Å². The number of nitrogens with zero attached hydrogens (tertiary/aromatic N) is 3. The predicted molar refractivity (Wildman–Crippen MR) is 145 cm³/mol. The molecule has 2 amide bonds. The Labute approximate surface area is 228 Å². The van der Waals surface area contributed by atoms with Crippen LogP contribution in [0.2, 0.25) is 0 Å². The number of rotatable bonds is 8. The molecule has 2 aromatic carbocycles. The molecule has 7 nitrogen and oxygen atoms in total. The minimum atomic E-state index is -4.54. The highest BCUT2D eigenvalue weighted by atomic mass is 19.4. The molecule has 1 saturated heterocycles. The molecule has 4 rings (SSSR count). The summed E-state index contributed by atoms with van der Waals surface area (Å²) in [6.07, 6.45) is -3.50. The van der Waals surface area contributed by atoms with E-state index in [1.165, 1.54) is 12.1 Å². The Morgan fingerprint density at radius 2 is 1.79 bits per heavy atom. The molecule has 0 aliphatic carbocycles. The summed E-state index contributed by atoms with van der Waals surface area (Å²) in [5.74, 6) is -0.749. The molecule has 2 heterocycles. The summed E-state index contributed by atoms with van der Waals surface area (Å²) in [4.78, 5) is 30.8. The lowest BCUT2D eigenvalue weighted by molar-refractivity contribution is -0.138. The van der Waals surface area contributed by atoms with Crippen molar-refractivity contribution in [2.45, 2.75) is 58.4 Å². The number of hydrogen-bond acceptors (Lipinski definition) is 5. The van der Waals surface area contributed by atoms with Crippen LogP contribution in [0.1, 0.15) is 65.7 Å². The van der Waals surface area contributed by atoms with Crippen LogP contribution in [0, 0.1) is 0 Å². The quantitative estimate of drug-likeness (QED) is 0.518. The number of anilines is 1. The fourth-order valence-electron chi connectivity index (χ4n) is 5.62. The first-order valence-corrected chi connectivity index (χ1v) is 13.6. The Hall–Kier alpha value is -2.95. The average molecular weight is 546 g/mol. The van der Waals surface area contributed by atoms with Gasteiger partial charge in [-0.1, -0.05) is 26.0 Å². The zero-order valence-electron chi connectivity index (χ0n) is 22.9. The van der Waals surface area contributed by atoms with Crippen LogP contribution in [0.4, 0.5) is 18.9 Å². The molecule has 0 radical (unpaired) electrons. The van der Waals surface area contributed by atoms with E-state index in [4.69, 9.17) is 5.73 Å². The molecule has 39 heavy (non-hydrogen) atoms. The van der Waals surface area contributed by atoms with E-state index in [-0.39, 0.29) is 30.3 Å². The molecule has 212 valence electrons. The van der Waals surface area contributed by atoms with Crippen LogP contribution in [0.5, 0.6) is 0 Å². The third-order valence-electron chi connectivity index (χ3n) is 7.93. The van der Waals surface area contributed by atoms with Crippen molar-refractivity contribution in [3.8, 4) is 0 Å². The van der Waals surface area contributed by atoms with E-state index in [9.17, 15) is 22.8 Å². The third kappa shape index (κ3) is 7.17. The summed E-state index contributed by atoms with van der Waals surface area (Å²) in [6, 6.07) is 9.80. The van der Waals surface area contributed by atoms with Gasteiger partial charge < -0.3 is 11.1 Å². The molecule has 2 aliphatic heterocycles.